The van der Waals surface area contributed by atoms with Crippen LogP contribution in [0.2, 0.25) is 0 Å². The normalized spacial score (nSPS) is 15.4. The SMILES string of the molecule is CCC(C)C1c2ccccc2-c2ccccc21. The summed E-state index contributed by atoms with van der Waals surface area (Å²) in [5.74, 6) is 1.30. The average Bonchev–Trinajstić information content (AvgIpc) is 2.72. The Kier molecular flexibility index (Phi) is 2.51. The molecule has 0 bridgehead atoms. The largest absolute Gasteiger partial charge is 0.0651 e. The van der Waals surface area contributed by atoms with Crippen molar-refractivity contribution in [2.24, 2.45) is 5.92 Å². The van der Waals surface area contributed by atoms with Crippen LogP contribution in [0.1, 0.15) is 37.3 Å². The van der Waals surface area contributed by atoms with Gasteiger partial charge in [0.25, 0.3) is 0 Å². The molecule has 2 aromatic rings. The van der Waals surface area contributed by atoms with Crippen LogP contribution in [0.15, 0.2) is 48.5 Å². The Morgan fingerprint density at radius 1 is 0.882 bits per heavy atom. The molecule has 0 aliphatic heterocycles. The van der Waals surface area contributed by atoms with E-state index in [9.17, 15) is 0 Å². The molecule has 1 aliphatic rings. The number of hydrogen-bond donors (Lipinski definition) is 0. The number of benzene rings is 2. The maximum absolute atomic E-state index is 2.36. The van der Waals surface area contributed by atoms with Crippen molar-refractivity contribution in [1.82, 2.24) is 0 Å². The molecule has 0 radical (unpaired) electrons. The fourth-order valence-corrected chi connectivity index (χ4v) is 3.04. The van der Waals surface area contributed by atoms with Gasteiger partial charge < -0.3 is 0 Å². The smallest absolute Gasteiger partial charge is 0.0127 e. The second-order valence-electron chi connectivity index (χ2n) is 5.04. The molecule has 0 saturated carbocycles. The molecule has 0 saturated heterocycles. The molecule has 0 spiro atoms. The summed E-state index contributed by atoms with van der Waals surface area (Å²) in [6.45, 7) is 4.65. The lowest BCUT2D eigenvalue weighted by atomic mass is 9.84. The van der Waals surface area contributed by atoms with Crippen LogP contribution in [0.5, 0.6) is 0 Å². The molecule has 0 heterocycles. The Hall–Kier alpha value is -1.56. The van der Waals surface area contributed by atoms with Crippen LogP contribution in [0, 0.1) is 5.92 Å². The zero-order valence-corrected chi connectivity index (χ0v) is 10.5. The van der Waals surface area contributed by atoms with Gasteiger partial charge in [0.1, 0.15) is 0 Å². The second-order valence-corrected chi connectivity index (χ2v) is 5.04. The first kappa shape index (κ1) is 10.6. The molecule has 0 fully saturated rings. The average molecular weight is 222 g/mol. The summed E-state index contributed by atoms with van der Waals surface area (Å²) in [7, 11) is 0. The van der Waals surface area contributed by atoms with E-state index in [1.807, 2.05) is 0 Å². The van der Waals surface area contributed by atoms with Crippen LogP contribution in [0.25, 0.3) is 11.1 Å². The Labute approximate surface area is 103 Å². The number of rotatable bonds is 2. The summed E-state index contributed by atoms with van der Waals surface area (Å²) in [6.07, 6.45) is 1.23. The van der Waals surface area contributed by atoms with Gasteiger partial charge in [-0.3, -0.25) is 0 Å². The third-order valence-corrected chi connectivity index (χ3v) is 4.09. The summed E-state index contributed by atoms with van der Waals surface area (Å²) in [5, 5.41) is 0. The number of fused-ring (bicyclic) bond motifs is 3. The van der Waals surface area contributed by atoms with Gasteiger partial charge >= 0.3 is 0 Å². The van der Waals surface area contributed by atoms with E-state index in [0.717, 1.165) is 0 Å². The Morgan fingerprint density at radius 2 is 1.35 bits per heavy atom. The third kappa shape index (κ3) is 1.51. The molecule has 0 N–H and O–H groups in total. The highest BCUT2D eigenvalue weighted by molar-refractivity contribution is 5.78. The van der Waals surface area contributed by atoms with Gasteiger partial charge in [-0.2, -0.15) is 0 Å². The van der Waals surface area contributed by atoms with E-state index >= 15 is 0 Å². The van der Waals surface area contributed by atoms with E-state index in [2.05, 4.69) is 62.4 Å². The fourth-order valence-electron chi connectivity index (χ4n) is 3.04. The summed E-state index contributed by atoms with van der Waals surface area (Å²) in [6, 6.07) is 17.7. The van der Waals surface area contributed by atoms with Crippen molar-refractivity contribution in [3.63, 3.8) is 0 Å². The molecule has 1 atom stereocenters. The van der Waals surface area contributed by atoms with Gasteiger partial charge in [-0.05, 0) is 28.2 Å². The minimum absolute atomic E-state index is 0.590. The Morgan fingerprint density at radius 3 is 1.82 bits per heavy atom. The van der Waals surface area contributed by atoms with Gasteiger partial charge in [0.05, 0.1) is 0 Å². The first-order valence-electron chi connectivity index (χ1n) is 6.51. The van der Waals surface area contributed by atoms with Crippen LogP contribution in [0.3, 0.4) is 0 Å². The second kappa shape index (κ2) is 4.03. The van der Waals surface area contributed by atoms with Gasteiger partial charge in [0.2, 0.25) is 0 Å². The van der Waals surface area contributed by atoms with Crippen molar-refractivity contribution in [2.45, 2.75) is 26.2 Å². The predicted octanol–water partition coefficient (Wildman–Crippen LogP) is 4.85. The molecule has 1 unspecified atom stereocenters. The standard InChI is InChI=1S/C17H18/c1-3-12(2)17-15-10-6-4-8-13(15)14-9-5-7-11-16(14)17/h4-12,17H,3H2,1-2H3. The molecule has 3 rings (SSSR count). The molecular formula is C17H18. The molecule has 0 amide bonds. The van der Waals surface area contributed by atoms with E-state index in [1.165, 1.54) is 28.7 Å². The van der Waals surface area contributed by atoms with Crippen molar-refractivity contribution < 1.29 is 0 Å². The minimum atomic E-state index is 0.590. The fraction of sp³-hybridized carbons (Fsp3) is 0.294. The zero-order chi connectivity index (χ0) is 11.8. The molecular weight excluding hydrogens is 204 g/mol. The summed E-state index contributed by atoms with van der Waals surface area (Å²) in [4.78, 5) is 0. The quantitative estimate of drug-likeness (QED) is 0.681. The van der Waals surface area contributed by atoms with Gasteiger partial charge in [0, 0.05) is 5.92 Å². The summed E-state index contributed by atoms with van der Waals surface area (Å²) >= 11 is 0. The van der Waals surface area contributed by atoms with Gasteiger partial charge in [-0.15, -0.1) is 0 Å². The lowest BCUT2D eigenvalue weighted by molar-refractivity contribution is 0.503. The lowest BCUT2D eigenvalue weighted by Crippen LogP contribution is -2.07. The maximum Gasteiger partial charge on any atom is 0.0127 e. The van der Waals surface area contributed by atoms with Crippen molar-refractivity contribution >= 4 is 0 Å². The topological polar surface area (TPSA) is 0 Å². The lowest BCUT2D eigenvalue weighted by Gasteiger charge is -2.20. The maximum atomic E-state index is 2.36. The van der Waals surface area contributed by atoms with Crippen LogP contribution >= 0.6 is 0 Å². The third-order valence-electron chi connectivity index (χ3n) is 4.09. The summed E-state index contributed by atoms with van der Waals surface area (Å²) < 4.78 is 0. The molecule has 2 aromatic carbocycles. The van der Waals surface area contributed by atoms with E-state index < -0.39 is 0 Å². The van der Waals surface area contributed by atoms with E-state index in [0.29, 0.717) is 11.8 Å². The van der Waals surface area contributed by atoms with Crippen LogP contribution < -0.4 is 0 Å². The van der Waals surface area contributed by atoms with Crippen LogP contribution in [-0.4, -0.2) is 0 Å². The Balaban J connectivity index is 2.23. The molecule has 0 nitrogen and oxygen atoms in total. The predicted molar refractivity (Wildman–Crippen MR) is 73.2 cm³/mol. The molecule has 17 heavy (non-hydrogen) atoms. The van der Waals surface area contributed by atoms with E-state index in [1.54, 1.807) is 0 Å². The Bertz CT molecular complexity index is 494. The van der Waals surface area contributed by atoms with E-state index in [-0.39, 0.29) is 0 Å². The van der Waals surface area contributed by atoms with Gasteiger partial charge in [-0.1, -0.05) is 68.8 Å². The highest BCUT2D eigenvalue weighted by Crippen LogP contribution is 2.48. The van der Waals surface area contributed by atoms with Crippen molar-refractivity contribution in [3.8, 4) is 11.1 Å². The number of hydrogen-bond acceptors (Lipinski definition) is 0. The molecule has 1 aliphatic carbocycles. The first-order chi connectivity index (χ1) is 8.33. The minimum Gasteiger partial charge on any atom is -0.0651 e. The van der Waals surface area contributed by atoms with Gasteiger partial charge in [-0.25, -0.2) is 0 Å². The molecule has 86 valence electrons. The van der Waals surface area contributed by atoms with Crippen LogP contribution in [-0.2, 0) is 0 Å². The monoisotopic (exact) mass is 222 g/mol. The van der Waals surface area contributed by atoms with Crippen molar-refractivity contribution in [2.75, 3.05) is 0 Å². The highest BCUT2D eigenvalue weighted by atomic mass is 14.3. The first-order valence-corrected chi connectivity index (χ1v) is 6.51. The molecule has 0 heteroatoms. The molecule has 0 aromatic heterocycles. The van der Waals surface area contributed by atoms with Gasteiger partial charge in [0.15, 0.2) is 0 Å². The highest BCUT2D eigenvalue weighted by Gasteiger charge is 2.30. The van der Waals surface area contributed by atoms with Crippen molar-refractivity contribution in [1.29, 1.82) is 0 Å². The zero-order valence-electron chi connectivity index (χ0n) is 10.5. The van der Waals surface area contributed by atoms with Crippen LogP contribution in [0.4, 0.5) is 0 Å². The summed E-state index contributed by atoms with van der Waals surface area (Å²) in [5.41, 5.74) is 5.91. The van der Waals surface area contributed by atoms with Crippen molar-refractivity contribution in [3.05, 3.63) is 59.7 Å². The van der Waals surface area contributed by atoms with E-state index in [4.69, 9.17) is 0 Å².